The number of hydrogen-bond donors (Lipinski definition) is 1. The minimum atomic E-state index is -1.01. The van der Waals surface area contributed by atoms with Gasteiger partial charge in [-0.25, -0.2) is 9.78 Å². The lowest BCUT2D eigenvalue weighted by Crippen LogP contribution is -1.99. The topological polar surface area (TPSA) is 55.1 Å². The molecule has 0 radical (unpaired) electrons. The van der Waals surface area contributed by atoms with Gasteiger partial charge in [0.15, 0.2) is 0 Å². The molecule has 0 aliphatic heterocycles. The van der Waals surface area contributed by atoms with Gasteiger partial charge in [0.1, 0.15) is 0 Å². The van der Waals surface area contributed by atoms with Crippen molar-refractivity contribution in [1.82, 2.24) is 9.55 Å². The van der Waals surface area contributed by atoms with Gasteiger partial charge in [0.2, 0.25) is 0 Å². The molecule has 2 rings (SSSR count). The van der Waals surface area contributed by atoms with Crippen LogP contribution in [0.3, 0.4) is 0 Å². The largest absolute Gasteiger partial charge is 0.478 e. The highest BCUT2D eigenvalue weighted by molar-refractivity contribution is 6.32. The molecule has 19 heavy (non-hydrogen) atoms. The van der Waals surface area contributed by atoms with Crippen molar-refractivity contribution in [3.63, 3.8) is 0 Å². The standard InChI is InChI=1S/C14H13ClN2O2/c1-9-10(2)17(8-16-9)13-5-3-4-12(15)11(13)6-7-14(18)19/h3-8H,1-2H3,(H,18,19). The van der Waals surface area contributed by atoms with Gasteiger partial charge in [-0.2, -0.15) is 0 Å². The van der Waals surface area contributed by atoms with E-state index in [1.54, 1.807) is 12.4 Å². The molecule has 0 bridgehead atoms. The van der Waals surface area contributed by atoms with E-state index in [4.69, 9.17) is 16.7 Å². The first-order chi connectivity index (χ1) is 9.00. The van der Waals surface area contributed by atoms with Crippen LogP contribution in [-0.4, -0.2) is 20.6 Å². The van der Waals surface area contributed by atoms with Crippen LogP contribution >= 0.6 is 11.6 Å². The average molecular weight is 277 g/mol. The average Bonchev–Trinajstić information content (AvgIpc) is 2.68. The molecule has 2 aromatic rings. The van der Waals surface area contributed by atoms with E-state index in [1.165, 1.54) is 6.08 Å². The summed E-state index contributed by atoms with van der Waals surface area (Å²) < 4.78 is 1.89. The quantitative estimate of drug-likeness (QED) is 0.876. The van der Waals surface area contributed by atoms with Crippen LogP contribution in [0.15, 0.2) is 30.6 Å². The van der Waals surface area contributed by atoms with Crippen molar-refractivity contribution in [1.29, 1.82) is 0 Å². The van der Waals surface area contributed by atoms with Crippen LogP contribution < -0.4 is 0 Å². The van der Waals surface area contributed by atoms with Crippen molar-refractivity contribution in [3.8, 4) is 5.69 Å². The number of halogens is 1. The van der Waals surface area contributed by atoms with Crippen LogP contribution in [-0.2, 0) is 4.79 Å². The van der Waals surface area contributed by atoms with Crippen LogP contribution in [0.2, 0.25) is 5.02 Å². The summed E-state index contributed by atoms with van der Waals surface area (Å²) in [6, 6.07) is 5.43. The zero-order chi connectivity index (χ0) is 14.0. The van der Waals surface area contributed by atoms with E-state index in [0.717, 1.165) is 23.2 Å². The molecule has 0 aliphatic carbocycles. The molecule has 0 aliphatic rings. The van der Waals surface area contributed by atoms with Gasteiger partial charge in [0.05, 0.1) is 17.7 Å². The second-order valence-corrected chi connectivity index (χ2v) is 4.54. The molecule has 0 amide bonds. The van der Waals surface area contributed by atoms with Crippen LogP contribution in [0.1, 0.15) is 17.0 Å². The summed E-state index contributed by atoms with van der Waals surface area (Å²) in [5, 5.41) is 9.24. The summed E-state index contributed by atoms with van der Waals surface area (Å²) in [5.74, 6) is -1.01. The Kier molecular flexibility index (Phi) is 3.71. The fourth-order valence-corrected chi connectivity index (χ4v) is 2.03. The van der Waals surface area contributed by atoms with Crippen molar-refractivity contribution >= 4 is 23.6 Å². The third kappa shape index (κ3) is 2.69. The second kappa shape index (κ2) is 5.28. The van der Waals surface area contributed by atoms with Crippen LogP contribution in [0.25, 0.3) is 11.8 Å². The smallest absolute Gasteiger partial charge is 0.328 e. The summed E-state index contributed by atoms with van der Waals surface area (Å²) >= 11 is 6.14. The lowest BCUT2D eigenvalue weighted by Gasteiger charge is -2.10. The Morgan fingerprint density at radius 3 is 2.74 bits per heavy atom. The molecule has 0 saturated carbocycles. The first kappa shape index (κ1) is 13.4. The Labute approximate surface area is 116 Å². The minimum Gasteiger partial charge on any atom is -0.478 e. The molecule has 0 saturated heterocycles. The summed E-state index contributed by atoms with van der Waals surface area (Å²) in [5.41, 5.74) is 3.38. The van der Waals surface area contributed by atoms with Crippen molar-refractivity contribution < 1.29 is 9.90 Å². The van der Waals surface area contributed by atoms with E-state index in [0.29, 0.717) is 10.6 Å². The van der Waals surface area contributed by atoms with E-state index < -0.39 is 5.97 Å². The Hall–Kier alpha value is -2.07. The minimum absolute atomic E-state index is 0.501. The number of carboxylic acid groups (broad SMARTS) is 1. The number of benzene rings is 1. The molecule has 1 aromatic heterocycles. The summed E-state index contributed by atoms with van der Waals surface area (Å²) in [6.45, 7) is 3.87. The molecule has 1 N–H and O–H groups in total. The van der Waals surface area contributed by atoms with Crippen LogP contribution in [0, 0.1) is 13.8 Å². The first-order valence-electron chi connectivity index (χ1n) is 5.71. The fraction of sp³-hybridized carbons (Fsp3) is 0.143. The molecular formula is C14H13ClN2O2. The van der Waals surface area contributed by atoms with E-state index in [2.05, 4.69) is 4.98 Å². The number of hydrogen-bond acceptors (Lipinski definition) is 2. The van der Waals surface area contributed by atoms with Gasteiger partial charge < -0.3 is 9.67 Å². The molecule has 1 heterocycles. The highest BCUT2D eigenvalue weighted by Gasteiger charge is 2.10. The van der Waals surface area contributed by atoms with Crippen molar-refractivity contribution in [2.75, 3.05) is 0 Å². The molecule has 4 nitrogen and oxygen atoms in total. The van der Waals surface area contributed by atoms with Gasteiger partial charge in [-0.15, -0.1) is 0 Å². The molecule has 5 heteroatoms. The molecule has 0 atom stereocenters. The highest BCUT2D eigenvalue weighted by atomic mass is 35.5. The van der Waals surface area contributed by atoms with Crippen molar-refractivity contribution in [3.05, 3.63) is 52.6 Å². The molecule has 0 spiro atoms. The van der Waals surface area contributed by atoms with Crippen molar-refractivity contribution in [2.24, 2.45) is 0 Å². The third-order valence-corrected chi connectivity index (χ3v) is 3.26. The predicted octanol–water partition coefficient (Wildman–Crippen LogP) is 3.24. The van der Waals surface area contributed by atoms with E-state index >= 15 is 0 Å². The van der Waals surface area contributed by atoms with Crippen molar-refractivity contribution in [2.45, 2.75) is 13.8 Å². The monoisotopic (exact) mass is 276 g/mol. The summed E-state index contributed by atoms with van der Waals surface area (Å²) in [4.78, 5) is 14.9. The van der Waals surface area contributed by atoms with Gasteiger partial charge in [-0.3, -0.25) is 0 Å². The SMILES string of the molecule is Cc1ncn(-c2cccc(Cl)c2C=CC(=O)O)c1C. The van der Waals surface area contributed by atoms with Gasteiger partial charge in [-0.1, -0.05) is 17.7 Å². The van der Waals surface area contributed by atoms with Crippen LogP contribution in [0.4, 0.5) is 0 Å². The maximum Gasteiger partial charge on any atom is 0.328 e. The van der Waals surface area contributed by atoms with Crippen LogP contribution in [0.5, 0.6) is 0 Å². The van der Waals surface area contributed by atoms with E-state index in [-0.39, 0.29) is 0 Å². The normalized spacial score (nSPS) is 11.1. The maximum absolute atomic E-state index is 10.7. The number of rotatable bonds is 3. The maximum atomic E-state index is 10.7. The Bertz CT molecular complexity index is 659. The van der Waals surface area contributed by atoms with E-state index in [1.807, 2.05) is 30.5 Å². The van der Waals surface area contributed by atoms with Gasteiger partial charge in [0, 0.05) is 22.4 Å². The highest BCUT2D eigenvalue weighted by Crippen LogP contribution is 2.26. The molecule has 98 valence electrons. The Morgan fingerprint density at radius 1 is 1.42 bits per heavy atom. The third-order valence-electron chi connectivity index (χ3n) is 2.93. The number of aryl methyl sites for hydroxylation is 1. The number of imidazole rings is 1. The Balaban J connectivity index is 2.61. The lowest BCUT2D eigenvalue weighted by molar-refractivity contribution is -0.131. The number of aromatic nitrogens is 2. The molecule has 0 unspecified atom stereocenters. The fourth-order valence-electron chi connectivity index (χ4n) is 1.80. The zero-order valence-electron chi connectivity index (χ0n) is 10.6. The molecule has 1 aromatic carbocycles. The first-order valence-corrected chi connectivity index (χ1v) is 6.09. The number of carbonyl (C=O) groups is 1. The molecular weight excluding hydrogens is 264 g/mol. The summed E-state index contributed by atoms with van der Waals surface area (Å²) in [6.07, 6.45) is 4.27. The predicted molar refractivity (Wildman–Crippen MR) is 74.7 cm³/mol. The van der Waals surface area contributed by atoms with E-state index in [9.17, 15) is 4.79 Å². The Morgan fingerprint density at radius 2 is 2.16 bits per heavy atom. The van der Waals surface area contributed by atoms with Gasteiger partial charge >= 0.3 is 5.97 Å². The van der Waals surface area contributed by atoms with Gasteiger partial charge in [0.25, 0.3) is 0 Å². The number of carboxylic acids is 1. The second-order valence-electron chi connectivity index (χ2n) is 4.13. The number of aliphatic carboxylic acids is 1. The zero-order valence-corrected chi connectivity index (χ0v) is 11.3. The summed E-state index contributed by atoms with van der Waals surface area (Å²) in [7, 11) is 0. The number of nitrogens with zero attached hydrogens (tertiary/aromatic N) is 2. The lowest BCUT2D eigenvalue weighted by atomic mass is 10.1. The molecule has 0 fully saturated rings. The van der Waals surface area contributed by atoms with Gasteiger partial charge in [-0.05, 0) is 32.1 Å².